The van der Waals surface area contributed by atoms with Gasteiger partial charge in [-0.25, -0.2) is 4.98 Å². The lowest BCUT2D eigenvalue weighted by atomic mass is 10.2. The number of hydrogen-bond donors (Lipinski definition) is 2. The lowest BCUT2D eigenvalue weighted by Gasteiger charge is -2.10. The number of aryl methyl sites for hydroxylation is 1. The number of nitrogens with zero attached hydrogens (tertiary/aromatic N) is 3. The van der Waals surface area contributed by atoms with E-state index in [0.29, 0.717) is 5.82 Å². The lowest BCUT2D eigenvalue weighted by Crippen LogP contribution is -2.02. The van der Waals surface area contributed by atoms with Gasteiger partial charge in [-0.2, -0.15) is 4.98 Å². The molecule has 0 unspecified atom stereocenters. The third-order valence-electron chi connectivity index (χ3n) is 2.89. The van der Waals surface area contributed by atoms with Crippen LogP contribution in [-0.4, -0.2) is 15.0 Å². The Morgan fingerprint density at radius 3 is 2.89 bits per heavy atom. The highest BCUT2D eigenvalue weighted by Gasteiger charge is 2.05. The first-order valence-corrected chi connectivity index (χ1v) is 5.94. The standard InChI is InChI=1S/C14H13N5/c1-9-8-17-14(15)19-13(9)18-12-6-2-5-11-10(12)4-3-7-16-11/h2-8H,1H3,(H3,15,17,18,19). The summed E-state index contributed by atoms with van der Waals surface area (Å²) >= 11 is 0. The Kier molecular flexibility index (Phi) is 2.72. The number of aromatic nitrogens is 3. The minimum absolute atomic E-state index is 0.256. The van der Waals surface area contributed by atoms with Gasteiger partial charge in [0.15, 0.2) is 0 Å². The molecular formula is C14H13N5. The number of nitrogens with two attached hydrogens (primary N) is 1. The van der Waals surface area contributed by atoms with E-state index in [2.05, 4.69) is 20.3 Å². The lowest BCUT2D eigenvalue weighted by molar-refractivity contribution is 1.15. The monoisotopic (exact) mass is 251 g/mol. The molecule has 2 aromatic heterocycles. The van der Waals surface area contributed by atoms with Gasteiger partial charge < -0.3 is 11.1 Å². The predicted molar refractivity (Wildman–Crippen MR) is 76.2 cm³/mol. The molecule has 3 N–H and O–H groups in total. The van der Waals surface area contributed by atoms with Crippen molar-refractivity contribution < 1.29 is 0 Å². The molecule has 5 heteroatoms. The smallest absolute Gasteiger partial charge is 0.221 e. The van der Waals surface area contributed by atoms with Crippen molar-refractivity contribution >= 4 is 28.4 Å². The van der Waals surface area contributed by atoms with Gasteiger partial charge in [0.2, 0.25) is 5.95 Å². The minimum Gasteiger partial charge on any atom is -0.368 e. The van der Waals surface area contributed by atoms with Crippen LogP contribution in [0.3, 0.4) is 0 Å². The van der Waals surface area contributed by atoms with Crippen molar-refractivity contribution in [3.05, 3.63) is 48.3 Å². The molecule has 0 fully saturated rings. The topological polar surface area (TPSA) is 76.7 Å². The molecule has 0 spiro atoms. The molecule has 3 aromatic rings. The van der Waals surface area contributed by atoms with Gasteiger partial charge in [-0.05, 0) is 31.2 Å². The van der Waals surface area contributed by atoms with Crippen LogP contribution in [0.1, 0.15) is 5.56 Å². The number of hydrogen-bond acceptors (Lipinski definition) is 5. The zero-order chi connectivity index (χ0) is 13.2. The fourth-order valence-electron chi connectivity index (χ4n) is 1.92. The first-order chi connectivity index (χ1) is 9.24. The van der Waals surface area contributed by atoms with Crippen LogP contribution in [0, 0.1) is 6.92 Å². The van der Waals surface area contributed by atoms with E-state index in [-0.39, 0.29) is 5.95 Å². The van der Waals surface area contributed by atoms with Crippen LogP contribution in [0.2, 0.25) is 0 Å². The van der Waals surface area contributed by atoms with Crippen LogP contribution < -0.4 is 11.1 Å². The Morgan fingerprint density at radius 2 is 2.00 bits per heavy atom. The summed E-state index contributed by atoms with van der Waals surface area (Å²) in [5.41, 5.74) is 8.45. The van der Waals surface area contributed by atoms with Crippen molar-refractivity contribution in [2.75, 3.05) is 11.1 Å². The van der Waals surface area contributed by atoms with Crippen LogP contribution in [0.15, 0.2) is 42.7 Å². The second kappa shape index (κ2) is 4.53. The Hall–Kier alpha value is -2.69. The summed E-state index contributed by atoms with van der Waals surface area (Å²) in [5, 5.41) is 4.33. The van der Waals surface area contributed by atoms with Gasteiger partial charge in [0.05, 0.1) is 5.52 Å². The Balaban J connectivity index is 2.08. The Bertz CT molecular complexity index is 733. The van der Waals surface area contributed by atoms with Crippen molar-refractivity contribution in [2.45, 2.75) is 6.92 Å². The average molecular weight is 251 g/mol. The van der Waals surface area contributed by atoms with Crippen LogP contribution in [-0.2, 0) is 0 Å². The summed E-state index contributed by atoms with van der Waals surface area (Å²) in [5.74, 6) is 0.968. The number of rotatable bonds is 2. The van der Waals surface area contributed by atoms with Gasteiger partial charge in [0, 0.05) is 29.0 Å². The molecule has 2 heterocycles. The van der Waals surface area contributed by atoms with Gasteiger partial charge in [0.25, 0.3) is 0 Å². The second-order valence-corrected chi connectivity index (χ2v) is 4.26. The van der Waals surface area contributed by atoms with E-state index in [1.54, 1.807) is 12.4 Å². The van der Waals surface area contributed by atoms with Crippen molar-refractivity contribution in [1.82, 2.24) is 15.0 Å². The fraction of sp³-hybridized carbons (Fsp3) is 0.0714. The molecule has 0 amide bonds. The number of nitrogens with one attached hydrogen (secondary N) is 1. The van der Waals surface area contributed by atoms with Crippen molar-refractivity contribution in [2.24, 2.45) is 0 Å². The van der Waals surface area contributed by atoms with E-state index in [0.717, 1.165) is 22.2 Å². The van der Waals surface area contributed by atoms with Crippen LogP contribution in [0.4, 0.5) is 17.5 Å². The normalized spacial score (nSPS) is 10.6. The second-order valence-electron chi connectivity index (χ2n) is 4.26. The van der Waals surface area contributed by atoms with Crippen molar-refractivity contribution in [3.63, 3.8) is 0 Å². The molecule has 1 aromatic carbocycles. The van der Waals surface area contributed by atoms with Gasteiger partial charge in [-0.1, -0.05) is 6.07 Å². The molecule has 5 nitrogen and oxygen atoms in total. The summed E-state index contributed by atoms with van der Waals surface area (Å²) in [6, 6.07) is 9.85. The molecule has 0 aliphatic heterocycles. The first-order valence-electron chi connectivity index (χ1n) is 5.94. The molecule has 0 aliphatic rings. The van der Waals surface area contributed by atoms with Crippen molar-refractivity contribution in [1.29, 1.82) is 0 Å². The van der Waals surface area contributed by atoms with Gasteiger partial charge in [0.1, 0.15) is 5.82 Å². The number of fused-ring (bicyclic) bond motifs is 1. The highest BCUT2D eigenvalue weighted by molar-refractivity contribution is 5.92. The molecule has 3 rings (SSSR count). The summed E-state index contributed by atoms with van der Waals surface area (Å²) in [6.45, 7) is 1.94. The van der Waals surface area contributed by atoms with E-state index < -0.39 is 0 Å². The third kappa shape index (κ3) is 2.18. The molecule has 0 aliphatic carbocycles. The van der Waals surface area contributed by atoms with E-state index in [1.165, 1.54) is 0 Å². The quantitative estimate of drug-likeness (QED) is 0.732. The highest BCUT2D eigenvalue weighted by Crippen LogP contribution is 2.25. The zero-order valence-electron chi connectivity index (χ0n) is 10.5. The fourth-order valence-corrected chi connectivity index (χ4v) is 1.92. The van der Waals surface area contributed by atoms with Crippen molar-refractivity contribution in [3.8, 4) is 0 Å². The number of pyridine rings is 1. The molecule has 0 saturated heterocycles. The minimum atomic E-state index is 0.256. The van der Waals surface area contributed by atoms with Crippen LogP contribution in [0.25, 0.3) is 10.9 Å². The number of anilines is 3. The number of benzene rings is 1. The molecule has 0 bridgehead atoms. The third-order valence-corrected chi connectivity index (χ3v) is 2.89. The maximum absolute atomic E-state index is 5.62. The van der Waals surface area contributed by atoms with Gasteiger partial charge in [-0.3, -0.25) is 4.98 Å². The SMILES string of the molecule is Cc1cnc(N)nc1Nc1cccc2ncccc12. The summed E-state index contributed by atoms with van der Waals surface area (Å²) in [6.07, 6.45) is 3.48. The maximum atomic E-state index is 5.62. The van der Waals surface area contributed by atoms with Crippen LogP contribution >= 0.6 is 0 Å². The molecular weight excluding hydrogens is 238 g/mol. The number of nitrogen functional groups attached to an aromatic ring is 1. The summed E-state index contributed by atoms with van der Waals surface area (Å²) in [7, 11) is 0. The average Bonchev–Trinajstić information content (AvgIpc) is 2.43. The predicted octanol–water partition coefficient (Wildman–Crippen LogP) is 2.66. The van der Waals surface area contributed by atoms with Crippen LogP contribution in [0.5, 0.6) is 0 Å². The molecule has 0 atom stereocenters. The van der Waals surface area contributed by atoms with E-state index in [4.69, 9.17) is 5.73 Å². The van der Waals surface area contributed by atoms with E-state index >= 15 is 0 Å². The first kappa shape index (κ1) is 11.4. The molecule has 19 heavy (non-hydrogen) atoms. The zero-order valence-corrected chi connectivity index (χ0v) is 10.5. The van der Waals surface area contributed by atoms with Gasteiger partial charge in [-0.15, -0.1) is 0 Å². The molecule has 0 saturated carbocycles. The van der Waals surface area contributed by atoms with E-state index in [9.17, 15) is 0 Å². The molecule has 0 radical (unpaired) electrons. The van der Waals surface area contributed by atoms with E-state index in [1.807, 2.05) is 37.3 Å². The largest absolute Gasteiger partial charge is 0.368 e. The summed E-state index contributed by atoms with van der Waals surface area (Å²) < 4.78 is 0. The highest BCUT2D eigenvalue weighted by atomic mass is 15.1. The summed E-state index contributed by atoms with van der Waals surface area (Å²) in [4.78, 5) is 12.5. The van der Waals surface area contributed by atoms with Gasteiger partial charge >= 0.3 is 0 Å². The molecule has 94 valence electrons. The maximum Gasteiger partial charge on any atom is 0.221 e. The Labute approximate surface area is 110 Å². The Morgan fingerprint density at radius 1 is 1.11 bits per heavy atom.